The van der Waals surface area contributed by atoms with Crippen LogP contribution in [-0.4, -0.2) is 139 Å². The van der Waals surface area contributed by atoms with E-state index < -0.39 is 31.6 Å². The Bertz CT molecular complexity index is 2900. The number of imide groups is 1. The van der Waals surface area contributed by atoms with Crippen molar-refractivity contribution in [3.8, 4) is 5.75 Å². The van der Waals surface area contributed by atoms with Gasteiger partial charge in [0.25, 0.3) is 11.8 Å². The predicted molar refractivity (Wildman–Crippen MR) is 301 cm³/mol. The highest BCUT2D eigenvalue weighted by Gasteiger charge is 2.49. The van der Waals surface area contributed by atoms with Crippen molar-refractivity contribution in [2.24, 2.45) is 11.3 Å². The average Bonchev–Trinajstić information content (AvgIpc) is 3.68. The highest BCUT2D eigenvalue weighted by Crippen LogP contribution is 2.46. The molecule has 0 radical (unpaired) electrons. The number of halogens is 3. The van der Waals surface area contributed by atoms with Crippen LogP contribution in [0, 0.1) is 11.3 Å². The van der Waals surface area contributed by atoms with E-state index in [-0.39, 0.29) is 54.6 Å². The summed E-state index contributed by atoms with van der Waals surface area (Å²) in [4.78, 5) is 62.8. The summed E-state index contributed by atoms with van der Waals surface area (Å²) in [5.74, 6) is 0.511. The van der Waals surface area contributed by atoms with E-state index in [2.05, 4.69) is 80.9 Å². The Balaban J connectivity index is 0.799. The van der Waals surface area contributed by atoms with Crippen molar-refractivity contribution >= 4 is 42.4 Å². The number of ether oxygens (including phenoxy) is 3. The van der Waals surface area contributed by atoms with E-state index in [9.17, 15) is 32.3 Å². The van der Waals surface area contributed by atoms with Crippen LogP contribution in [0.1, 0.15) is 124 Å². The first-order valence-electron chi connectivity index (χ1n) is 28.5. The van der Waals surface area contributed by atoms with Gasteiger partial charge in [0.15, 0.2) is 0 Å². The van der Waals surface area contributed by atoms with Crippen LogP contribution in [0.2, 0.25) is 25.7 Å². The third-order valence-electron chi connectivity index (χ3n) is 17.5. The second kappa shape index (κ2) is 23.2. The number of hydrogen-bond donors (Lipinski definition) is 0. The maximum Gasteiger partial charge on any atom is 0.395 e. The van der Waals surface area contributed by atoms with E-state index in [4.69, 9.17) is 14.2 Å². The Morgan fingerprint density at radius 2 is 1.63 bits per heavy atom. The van der Waals surface area contributed by atoms with Crippen molar-refractivity contribution in [3.05, 3.63) is 105 Å². The van der Waals surface area contributed by atoms with Gasteiger partial charge >= 0.3 is 11.9 Å². The zero-order valence-corrected chi connectivity index (χ0v) is 48.4. The van der Waals surface area contributed by atoms with Crippen LogP contribution >= 0.6 is 0 Å². The normalized spacial score (nSPS) is 22.6. The number of aromatic nitrogens is 2. The molecule has 0 bridgehead atoms. The molecular formula is C61H83F3N6O7Si. The van der Waals surface area contributed by atoms with Gasteiger partial charge in [-0.15, -0.1) is 0 Å². The molecule has 5 heterocycles. The Kier molecular flexibility index (Phi) is 17.1. The van der Waals surface area contributed by atoms with Crippen LogP contribution < -0.4 is 10.4 Å². The van der Waals surface area contributed by atoms with Gasteiger partial charge in [-0.1, -0.05) is 62.1 Å². The number of piperidine rings is 1. The van der Waals surface area contributed by atoms with Crippen LogP contribution in [-0.2, 0) is 44.0 Å². The lowest BCUT2D eigenvalue weighted by Crippen LogP contribution is -2.50. The van der Waals surface area contributed by atoms with Crippen molar-refractivity contribution in [2.45, 2.75) is 154 Å². The quantitative estimate of drug-likeness (QED) is 0.0514. The van der Waals surface area contributed by atoms with E-state index in [1.807, 2.05) is 34.1 Å². The van der Waals surface area contributed by atoms with Crippen LogP contribution in [0.3, 0.4) is 0 Å². The Morgan fingerprint density at radius 1 is 0.897 bits per heavy atom. The number of aryl methyl sites for hydroxylation is 2. The Hall–Kier alpha value is -5.07. The van der Waals surface area contributed by atoms with Gasteiger partial charge in [-0.25, -0.2) is 4.79 Å². The standard InChI is InChI=1S/C61H83F3N6O7Si/c1-58(2,61(62,63)64)41-66(30-27-60(28-35-77-59(3,4)40-60)47-19-21-48(75-5)22-20-47)39-44-13-17-46(18-14-44)45-15-11-43(12-16-45)38-65-31-33-67(34-32-65)55(72)50-23-24-51-54-49(50)10-9-29-68(54)57(74)70(51)52-25-26-53(71)69(56(52)73)42-76-36-37-78(6,7)8/h13-15,17-24,43,52H,9-12,16,25-42H2,1-8H3/t43-,52?,60+/m0/s1. The zero-order valence-electron chi connectivity index (χ0n) is 47.4. The number of imidazole rings is 1. The summed E-state index contributed by atoms with van der Waals surface area (Å²) in [6, 6.07) is 20.3. The van der Waals surface area contributed by atoms with Crippen molar-refractivity contribution in [1.82, 2.24) is 28.7 Å². The number of alkyl halides is 3. The largest absolute Gasteiger partial charge is 0.497 e. The molecule has 0 N–H and O–H groups in total. The molecule has 1 unspecified atom stereocenters. The molecule has 17 heteroatoms. The number of likely N-dealkylation sites (tertiary alicyclic amines) is 1. The fraction of sp³-hybridized carbons (Fsp3) is 0.607. The summed E-state index contributed by atoms with van der Waals surface area (Å²) in [5, 5.41) is 0. The average molecular weight is 1100 g/mol. The van der Waals surface area contributed by atoms with Crippen molar-refractivity contribution in [3.63, 3.8) is 0 Å². The van der Waals surface area contributed by atoms with Crippen molar-refractivity contribution in [1.29, 1.82) is 0 Å². The maximum atomic E-state index is 14.5. The molecule has 13 nitrogen and oxygen atoms in total. The van der Waals surface area contributed by atoms with E-state index >= 15 is 0 Å². The SMILES string of the molecule is COc1ccc([C@]2(CCN(Cc3ccc(C4=CC[C@H](CN5CCN(C(=O)c6ccc7c8c6CCCn8c(=O)n7C6CCC(=O)N(COCC[Si](C)(C)C)C6=O)CC5)CC4)cc3)CC(C)(C)C(F)(F)F)CCOC(C)(C)C2)cc1. The molecule has 1 aromatic heterocycles. The van der Waals surface area contributed by atoms with E-state index in [0.29, 0.717) is 82.2 Å². The van der Waals surface area contributed by atoms with Crippen molar-refractivity contribution in [2.75, 3.05) is 72.9 Å². The van der Waals surface area contributed by atoms with E-state index in [1.165, 1.54) is 25.0 Å². The number of carbonyl (C=O) groups is 3. The molecule has 424 valence electrons. The Labute approximate surface area is 460 Å². The fourth-order valence-electron chi connectivity index (χ4n) is 12.9. The summed E-state index contributed by atoms with van der Waals surface area (Å²) in [7, 11) is 0.278. The summed E-state index contributed by atoms with van der Waals surface area (Å²) in [6.45, 7) is 19.5. The Morgan fingerprint density at radius 3 is 2.28 bits per heavy atom. The van der Waals surface area contributed by atoms with Crippen LogP contribution in [0.4, 0.5) is 13.2 Å². The van der Waals surface area contributed by atoms with Crippen LogP contribution in [0.25, 0.3) is 16.6 Å². The molecule has 1 aliphatic carbocycles. The maximum absolute atomic E-state index is 14.5. The van der Waals surface area contributed by atoms with Gasteiger partial charge in [0.05, 0.1) is 29.2 Å². The molecule has 0 saturated carbocycles. The monoisotopic (exact) mass is 1100 g/mol. The molecule has 3 fully saturated rings. The highest BCUT2D eigenvalue weighted by molar-refractivity contribution is 6.76. The molecule has 0 spiro atoms. The smallest absolute Gasteiger partial charge is 0.395 e. The molecular weight excluding hydrogens is 1010 g/mol. The molecule has 3 aromatic carbocycles. The number of rotatable bonds is 19. The third kappa shape index (κ3) is 12.8. The number of carbonyl (C=O) groups excluding carboxylic acids is 3. The summed E-state index contributed by atoms with van der Waals surface area (Å²) in [6.07, 6.45) is 4.94. The topological polar surface area (TPSA) is 119 Å². The number of methoxy groups -OCH3 is 1. The molecule has 3 atom stereocenters. The van der Waals surface area contributed by atoms with E-state index in [1.54, 1.807) is 16.2 Å². The molecule has 9 rings (SSSR count). The first kappa shape index (κ1) is 57.6. The molecule has 5 aliphatic rings. The second-order valence-electron chi connectivity index (χ2n) is 25.5. The fourth-order valence-corrected chi connectivity index (χ4v) is 13.6. The first-order valence-corrected chi connectivity index (χ1v) is 32.2. The molecule has 78 heavy (non-hydrogen) atoms. The molecule has 4 aromatic rings. The summed E-state index contributed by atoms with van der Waals surface area (Å²) < 4.78 is 64.1. The van der Waals surface area contributed by atoms with Crippen LogP contribution in [0.15, 0.2) is 71.5 Å². The lowest BCUT2D eigenvalue weighted by atomic mass is 9.67. The van der Waals surface area contributed by atoms with Gasteiger partial charge in [-0.3, -0.25) is 38.2 Å². The lowest BCUT2D eigenvalue weighted by molar-refractivity contribution is -0.217. The molecule has 4 aliphatic heterocycles. The van der Waals surface area contributed by atoms with E-state index in [0.717, 1.165) is 90.6 Å². The minimum atomic E-state index is -4.35. The lowest BCUT2D eigenvalue weighted by Gasteiger charge is -2.46. The number of allylic oxidation sites excluding steroid dienone is 2. The predicted octanol–water partition coefficient (Wildman–Crippen LogP) is 10.7. The summed E-state index contributed by atoms with van der Waals surface area (Å²) in [5.41, 5.74) is 4.61. The van der Waals surface area contributed by atoms with Gasteiger partial charge in [0, 0.05) is 91.0 Å². The molecule has 3 saturated heterocycles. The second-order valence-corrected chi connectivity index (χ2v) is 31.1. The minimum absolute atomic E-state index is 0.0347. The number of amides is 3. The van der Waals surface area contributed by atoms with Crippen LogP contribution in [0.5, 0.6) is 5.75 Å². The minimum Gasteiger partial charge on any atom is -0.497 e. The van der Waals surface area contributed by atoms with Gasteiger partial charge in [-0.05, 0) is 156 Å². The molecule has 3 amide bonds. The van der Waals surface area contributed by atoms with Crippen molar-refractivity contribution < 1.29 is 41.8 Å². The summed E-state index contributed by atoms with van der Waals surface area (Å²) >= 11 is 0. The third-order valence-corrected chi connectivity index (χ3v) is 19.2. The zero-order chi connectivity index (χ0) is 55.8. The van der Waals surface area contributed by atoms with Gasteiger partial charge in [0.1, 0.15) is 18.5 Å². The number of benzene rings is 3. The number of hydrogen-bond acceptors (Lipinski definition) is 9. The van der Waals surface area contributed by atoms with Gasteiger partial charge in [0.2, 0.25) is 5.91 Å². The number of nitrogens with zero attached hydrogens (tertiary/aromatic N) is 6. The van der Waals surface area contributed by atoms with Gasteiger partial charge in [-0.2, -0.15) is 13.2 Å². The highest BCUT2D eigenvalue weighted by atomic mass is 28.3. The number of piperazine rings is 1. The van der Waals surface area contributed by atoms with Gasteiger partial charge < -0.3 is 19.1 Å². The first-order chi connectivity index (χ1) is 36.9.